The molecule has 6 heteroatoms. The van der Waals surface area contributed by atoms with E-state index in [1.165, 1.54) is 6.07 Å². The number of nitrogens with one attached hydrogen (secondary N) is 1. The number of phenolic OH excluding ortho intramolecular Hbond substituents is 1. The monoisotopic (exact) mass is 284 g/mol. The van der Waals surface area contributed by atoms with E-state index in [4.69, 9.17) is 4.74 Å². The number of nitro groups is 1. The summed E-state index contributed by atoms with van der Waals surface area (Å²) in [5, 5.41) is 21.3. The summed E-state index contributed by atoms with van der Waals surface area (Å²) in [6.07, 6.45) is 0. The molecule has 21 heavy (non-hydrogen) atoms. The predicted molar refractivity (Wildman–Crippen MR) is 78.6 cm³/mol. The smallest absolute Gasteiger partial charge is 0.275 e. The Balaban J connectivity index is 2.16. The van der Waals surface area contributed by atoms with Crippen LogP contribution in [0.5, 0.6) is 11.5 Å². The minimum absolute atomic E-state index is 0.121. The molecule has 6 nitrogen and oxygen atoms in total. The van der Waals surface area contributed by atoms with Crippen LogP contribution in [0.25, 0.3) is 22.2 Å². The van der Waals surface area contributed by atoms with Gasteiger partial charge in [0.25, 0.3) is 5.69 Å². The number of nitrogens with zero attached hydrogens (tertiary/aromatic N) is 1. The summed E-state index contributed by atoms with van der Waals surface area (Å²) in [7, 11) is 1.58. The maximum atomic E-state index is 10.8. The Labute approximate surface area is 119 Å². The Kier molecular flexibility index (Phi) is 2.98. The first-order valence-electron chi connectivity index (χ1n) is 6.23. The van der Waals surface area contributed by atoms with Gasteiger partial charge in [-0.15, -0.1) is 0 Å². The van der Waals surface area contributed by atoms with Crippen molar-refractivity contribution in [1.29, 1.82) is 0 Å². The van der Waals surface area contributed by atoms with Crippen molar-refractivity contribution in [3.05, 3.63) is 52.6 Å². The van der Waals surface area contributed by atoms with E-state index in [0.29, 0.717) is 16.7 Å². The van der Waals surface area contributed by atoms with Gasteiger partial charge in [-0.1, -0.05) is 12.1 Å². The van der Waals surface area contributed by atoms with Crippen LogP contribution in [0.2, 0.25) is 0 Å². The number of non-ortho nitro benzene ring substituents is 1. The van der Waals surface area contributed by atoms with Gasteiger partial charge in [0, 0.05) is 22.7 Å². The van der Waals surface area contributed by atoms with E-state index in [-0.39, 0.29) is 11.4 Å². The van der Waals surface area contributed by atoms with Gasteiger partial charge in [0.15, 0.2) is 0 Å². The van der Waals surface area contributed by atoms with Gasteiger partial charge in [-0.05, 0) is 18.2 Å². The molecule has 0 aliphatic rings. The number of ether oxygens (including phenoxy) is 1. The second-order valence-corrected chi connectivity index (χ2v) is 4.60. The van der Waals surface area contributed by atoms with E-state index < -0.39 is 4.92 Å². The summed E-state index contributed by atoms with van der Waals surface area (Å²) in [4.78, 5) is 13.4. The zero-order chi connectivity index (χ0) is 15.0. The summed E-state index contributed by atoms with van der Waals surface area (Å²) < 4.78 is 5.17. The molecule has 3 rings (SSSR count). The van der Waals surface area contributed by atoms with Crippen LogP contribution in [0.15, 0.2) is 42.5 Å². The highest BCUT2D eigenvalue weighted by atomic mass is 16.6. The summed E-state index contributed by atoms with van der Waals surface area (Å²) in [6.45, 7) is 0. The fourth-order valence-electron chi connectivity index (χ4n) is 2.26. The molecule has 0 atom stereocenters. The van der Waals surface area contributed by atoms with Gasteiger partial charge < -0.3 is 14.8 Å². The molecule has 0 unspecified atom stereocenters. The highest BCUT2D eigenvalue weighted by Crippen LogP contribution is 2.34. The highest BCUT2D eigenvalue weighted by Gasteiger charge is 2.14. The number of aromatic amines is 1. The van der Waals surface area contributed by atoms with Crippen LogP contribution in [0.4, 0.5) is 5.69 Å². The van der Waals surface area contributed by atoms with Crippen molar-refractivity contribution in [1.82, 2.24) is 4.98 Å². The van der Waals surface area contributed by atoms with E-state index in [1.54, 1.807) is 13.2 Å². The first-order chi connectivity index (χ1) is 10.1. The van der Waals surface area contributed by atoms with Crippen LogP contribution in [0, 0.1) is 10.1 Å². The molecule has 0 amide bonds. The van der Waals surface area contributed by atoms with Gasteiger partial charge >= 0.3 is 0 Å². The van der Waals surface area contributed by atoms with Gasteiger partial charge in [-0.2, -0.15) is 0 Å². The molecule has 0 aliphatic carbocycles. The molecule has 2 aromatic carbocycles. The Morgan fingerprint density at radius 1 is 1.24 bits per heavy atom. The Hall–Kier alpha value is -3.02. The molecule has 0 bridgehead atoms. The average Bonchev–Trinajstić information content (AvgIpc) is 2.92. The summed E-state index contributed by atoms with van der Waals surface area (Å²) in [6, 6.07) is 11.7. The number of aromatic nitrogens is 1. The van der Waals surface area contributed by atoms with E-state index in [0.717, 1.165) is 17.3 Å². The predicted octanol–water partition coefficient (Wildman–Crippen LogP) is 3.46. The molecule has 0 spiro atoms. The van der Waals surface area contributed by atoms with Crippen molar-refractivity contribution in [3.8, 4) is 22.8 Å². The van der Waals surface area contributed by atoms with Crippen molar-refractivity contribution < 1.29 is 14.8 Å². The normalized spacial score (nSPS) is 10.7. The van der Waals surface area contributed by atoms with Crippen molar-refractivity contribution in [2.75, 3.05) is 7.11 Å². The Bertz CT molecular complexity index is 839. The third-order valence-corrected chi connectivity index (χ3v) is 3.29. The number of benzene rings is 2. The Morgan fingerprint density at radius 3 is 2.76 bits per heavy atom. The molecular formula is C15H12N2O4. The van der Waals surface area contributed by atoms with Gasteiger partial charge in [0.1, 0.15) is 11.5 Å². The number of hydrogen-bond acceptors (Lipinski definition) is 4. The molecule has 2 N–H and O–H groups in total. The Morgan fingerprint density at radius 2 is 2.05 bits per heavy atom. The SMILES string of the molecule is COc1cccc(-c2cc3c(O)cc([N+](=O)[O-])cc3[nH]2)c1. The van der Waals surface area contributed by atoms with Crippen LogP contribution in [0.3, 0.4) is 0 Å². The number of hydrogen-bond donors (Lipinski definition) is 2. The molecule has 0 fully saturated rings. The van der Waals surface area contributed by atoms with Crippen molar-refractivity contribution in [2.24, 2.45) is 0 Å². The van der Waals surface area contributed by atoms with Gasteiger partial charge in [-0.3, -0.25) is 10.1 Å². The minimum Gasteiger partial charge on any atom is -0.507 e. The van der Waals surface area contributed by atoms with E-state index in [1.807, 2.05) is 24.3 Å². The molecule has 3 aromatic rings. The van der Waals surface area contributed by atoms with Crippen LogP contribution < -0.4 is 4.74 Å². The first-order valence-corrected chi connectivity index (χ1v) is 6.23. The molecule has 0 saturated heterocycles. The number of rotatable bonds is 3. The molecular weight excluding hydrogens is 272 g/mol. The molecule has 0 radical (unpaired) electrons. The molecule has 0 saturated carbocycles. The van der Waals surface area contributed by atoms with Crippen molar-refractivity contribution in [2.45, 2.75) is 0 Å². The third kappa shape index (κ3) is 2.27. The molecule has 106 valence electrons. The summed E-state index contributed by atoms with van der Waals surface area (Å²) in [5.41, 5.74) is 1.98. The zero-order valence-corrected chi connectivity index (χ0v) is 11.2. The summed E-state index contributed by atoms with van der Waals surface area (Å²) >= 11 is 0. The first kappa shape index (κ1) is 13.0. The lowest BCUT2D eigenvalue weighted by atomic mass is 10.1. The maximum Gasteiger partial charge on any atom is 0.275 e. The third-order valence-electron chi connectivity index (χ3n) is 3.29. The van der Waals surface area contributed by atoms with Gasteiger partial charge in [-0.25, -0.2) is 0 Å². The lowest BCUT2D eigenvalue weighted by molar-refractivity contribution is -0.384. The molecule has 1 heterocycles. The van der Waals surface area contributed by atoms with Crippen molar-refractivity contribution in [3.63, 3.8) is 0 Å². The van der Waals surface area contributed by atoms with E-state index in [2.05, 4.69) is 4.98 Å². The number of fused-ring (bicyclic) bond motifs is 1. The topological polar surface area (TPSA) is 88.4 Å². The van der Waals surface area contributed by atoms with Gasteiger partial charge in [0.05, 0.1) is 23.6 Å². The zero-order valence-electron chi connectivity index (χ0n) is 11.2. The van der Waals surface area contributed by atoms with Crippen LogP contribution in [-0.4, -0.2) is 22.1 Å². The average molecular weight is 284 g/mol. The van der Waals surface area contributed by atoms with E-state index in [9.17, 15) is 15.2 Å². The van der Waals surface area contributed by atoms with Crippen LogP contribution in [0.1, 0.15) is 0 Å². The van der Waals surface area contributed by atoms with Crippen molar-refractivity contribution >= 4 is 16.6 Å². The fraction of sp³-hybridized carbons (Fsp3) is 0.0667. The number of aromatic hydroxyl groups is 1. The highest BCUT2D eigenvalue weighted by molar-refractivity contribution is 5.92. The van der Waals surface area contributed by atoms with E-state index >= 15 is 0 Å². The fourth-order valence-corrected chi connectivity index (χ4v) is 2.26. The number of H-pyrrole nitrogens is 1. The largest absolute Gasteiger partial charge is 0.507 e. The lowest BCUT2D eigenvalue weighted by Gasteiger charge is -2.02. The standard InChI is InChI=1S/C15H12N2O4/c1-21-11-4-2-3-9(5-11)13-8-12-14(16-13)6-10(17(19)20)7-15(12)18/h2-8,16,18H,1H3. The van der Waals surface area contributed by atoms with Crippen LogP contribution in [-0.2, 0) is 0 Å². The lowest BCUT2D eigenvalue weighted by Crippen LogP contribution is -1.87. The molecule has 1 aromatic heterocycles. The minimum atomic E-state index is -0.536. The number of methoxy groups -OCH3 is 1. The quantitative estimate of drug-likeness (QED) is 0.569. The second kappa shape index (κ2) is 4.82. The number of nitro benzene ring substituents is 1. The maximum absolute atomic E-state index is 10.8. The van der Waals surface area contributed by atoms with Crippen LogP contribution >= 0.6 is 0 Å². The second-order valence-electron chi connectivity index (χ2n) is 4.60. The van der Waals surface area contributed by atoms with Gasteiger partial charge in [0.2, 0.25) is 0 Å². The molecule has 0 aliphatic heterocycles. The summed E-state index contributed by atoms with van der Waals surface area (Å²) in [5.74, 6) is 0.589. The number of phenols is 1.